The van der Waals surface area contributed by atoms with Gasteiger partial charge in [0, 0.05) is 37.0 Å². The SMILES string of the molecule is O=C(O)CC[C@@H](NC(=O)Nc1ccc(N(CCCl)CCCl)c(Cl)c1)C(=O)O. The average molecular weight is 441 g/mol. The van der Waals surface area contributed by atoms with Gasteiger partial charge < -0.3 is 25.7 Å². The Kier molecular flexibility index (Phi) is 10.1. The van der Waals surface area contributed by atoms with E-state index in [0.717, 1.165) is 0 Å². The van der Waals surface area contributed by atoms with Crippen molar-refractivity contribution >= 4 is 64.1 Å². The molecule has 150 valence electrons. The van der Waals surface area contributed by atoms with Crippen molar-refractivity contribution in [2.45, 2.75) is 18.9 Å². The summed E-state index contributed by atoms with van der Waals surface area (Å²) in [6.07, 6.45) is -0.613. The smallest absolute Gasteiger partial charge is 0.326 e. The van der Waals surface area contributed by atoms with Gasteiger partial charge in [-0.15, -0.1) is 23.2 Å². The van der Waals surface area contributed by atoms with Crippen molar-refractivity contribution < 1.29 is 24.6 Å². The summed E-state index contributed by atoms with van der Waals surface area (Å²) in [6.45, 7) is 1.09. The molecule has 0 aliphatic rings. The molecule has 0 bridgehead atoms. The molecule has 0 heterocycles. The molecule has 1 aromatic carbocycles. The minimum atomic E-state index is -1.32. The Morgan fingerprint density at radius 3 is 2.22 bits per heavy atom. The Labute approximate surface area is 171 Å². The van der Waals surface area contributed by atoms with Crippen LogP contribution < -0.4 is 15.5 Å². The van der Waals surface area contributed by atoms with E-state index < -0.39 is 24.0 Å². The summed E-state index contributed by atoms with van der Waals surface area (Å²) in [5.74, 6) is -1.69. The fraction of sp³-hybridized carbons (Fsp3) is 0.438. The lowest BCUT2D eigenvalue weighted by molar-refractivity contribution is -0.140. The molecule has 1 aromatic rings. The van der Waals surface area contributed by atoms with Crippen LogP contribution in [-0.2, 0) is 9.59 Å². The molecule has 0 aliphatic carbocycles. The topological polar surface area (TPSA) is 119 Å². The summed E-state index contributed by atoms with van der Waals surface area (Å²) in [4.78, 5) is 35.6. The molecule has 1 atom stereocenters. The zero-order chi connectivity index (χ0) is 20.4. The number of nitrogens with zero attached hydrogens (tertiary/aromatic N) is 1. The highest BCUT2D eigenvalue weighted by molar-refractivity contribution is 6.33. The fourth-order valence-corrected chi connectivity index (χ4v) is 2.96. The number of rotatable bonds is 11. The third-order valence-electron chi connectivity index (χ3n) is 3.51. The lowest BCUT2D eigenvalue weighted by Gasteiger charge is -2.24. The first kappa shape index (κ1) is 23.1. The first-order chi connectivity index (χ1) is 12.8. The van der Waals surface area contributed by atoms with Crippen molar-refractivity contribution in [1.82, 2.24) is 5.32 Å². The van der Waals surface area contributed by atoms with Crippen molar-refractivity contribution in [3.05, 3.63) is 23.2 Å². The van der Waals surface area contributed by atoms with Gasteiger partial charge >= 0.3 is 18.0 Å². The van der Waals surface area contributed by atoms with Crippen LogP contribution in [0, 0.1) is 0 Å². The summed E-state index contributed by atoms with van der Waals surface area (Å²) in [7, 11) is 0. The average Bonchev–Trinajstić information content (AvgIpc) is 2.58. The Balaban J connectivity index is 2.77. The van der Waals surface area contributed by atoms with E-state index in [2.05, 4.69) is 10.6 Å². The summed E-state index contributed by atoms with van der Waals surface area (Å²) in [6, 6.07) is 2.70. The van der Waals surface area contributed by atoms with Crippen LogP contribution in [0.4, 0.5) is 16.2 Å². The molecule has 2 amide bonds. The van der Waals surface area contributed by atoms with Crippen LogP contribution in [0.3, 0.4) is 0 Å². The number of hydrogen-bond acceptors (Lipinski definition) is 4. The van der Waals surface area contributed by atoms with Gasteiger partial charge in [0.25, 0.3) is 0 Å². The number of halogens is 3. The van der Waals surface area contributed by atoms with Gasteiger partial charge in [-0.3, -0.25) is 4.79 Å². The lowest BCUT2D eigenvalue weighted by atomic mass is 10.1. The summed E-state index contributed by atoms with van der Waals surface area (Å²) >= 11 is 17.8. The van der Waals surface area contributed by atoms with Gasteiger partial charge in [-0.1, -0.05) is 11.6 Å². The quantitative estimate of drug-likeness (QED) is 0.393. The molecular formula is C16H20Cl3N3O5. The lowest BCUT2D eigenvalue weighted by Crippen LogP contribution is -2.43. The molecule has 0 aromatic heterocycles. The van der Waals surface area contributed by atoms with Gasteiger partial charge in [-0.05, 0) is 24.6 Å². The summed E-state index contributed by atoms with van der Waals surface area (Å²) < 4.78 is 0. The Morgan fingerprint density at radius 1 is 1.11 bits per heavy atom. The molecule has 1 rings (SSSR count). The Morgan fingerprint density at radius 2 is 1.74 bits per heavy atom. The number of carboxylic acid groups (broad SMARTS) is 2. The summed E-state index contributed by atoms with van der Waals surface area (Å²) in [5.41, 5.74) is 1.05. The van der Waals surface area contributed by atoms with Gasteiger partial charge in [-0.25, -0.2) is 9.59 Å². The fourth-order valence-electron chi connectivity index (χ4n) is 2.25. The molecule has 0 fully saturated rings. The molecule has 0 spiro atoms. The minimum Gasteiger partial charge on any atom is -0.481 e. The van der Waals surface area contributed by atoms with Crippen molar-refractivity contribution in [2.75, 3.05) is 35.1 Å². The number of hydrogen-bond donors (Lipinski definition) is 4. The standard InChI is InChI=1S/C16H20Cl3N3O5/c17-5-7-22(8-6-18)13-3-1-10(9-11(13)19)20-16(27)21-12(15(25)26)2-4-14(23)24/h1,3,9,12H,2,4-8H2,(H,23,24)(H,25,26)(H2,20,21,27)/t12-/m1/s1. The highest BCUT2D eigenvalue weighted by Crippen LogP contribution is 2.29. The van der Waals surface area contributed by atoms with E-state index in [-0.39, 0.29) is 12.8 Å². The van der Waals surface area contributed by atoms with Gasteiger partial charge in [0.15, 0.2) is 0 Å². The molecule has 27 heavy (non-hydrogen) atoms. The molecule has 8 nitrogen and oxygen atoms in total. The maximum Gasteiger partial charge on any atom is 0.326 e. The van der Waals surface area contributed by atoms with E-state index >= 15 is 0 Å². The first-order valence-electron chi connectivity index (χ1n) is 7.97. The Hall–Kier alpha value is -1.90. The largest absolute Gasteiger partial charge is 0.481 e. The number of carbonyl (C=O) groups is 3. The van der Waals surface area contributed by atoms with E-state index in [1.165, 1.54) is 6.07 Å². The van der Waals surface area contributed by atoms with E-state index in [4.69, 9.17) is 45.0 Å². The second-order valence-corrected chi connectivity index (χ2v) is 6.62. The zero-order valence-electron chi connectivity index (χ0n) is 14.3. The van der Waals surface area contributed by atoms with E-state index in [9.17, 15) is 14.4 Å². The normalized spacial score (nSPS) is 11.5. The second kappa shape index (κ2) is 11.7. The highest BCUT2D eigenvalue weighted by Gasteiger charge is 2.21. The number of nitrogens with one attached hydrogen (secondary N) is 2. The number of amides is 2. The number of carboxylic acids is 2. The van der Waals surface area contributed by atoms with Crippen LogP contribution in [0.1, 0.15) is 12.8 Å². The van der Waals surface area contributed by atoms with Gasteiger partial charge in [-0.2, -0.15) is 0 Å². The van der Waals surface area contributed by atoms with Crippen LogP contribution in [0.15, 0.2) is 18.2 Å². The third-order valence-corrected chi connectivity index (χ3v) is 4.15. The molecule has 0 radical (unpaired) electrons. The van der Waals surface area contributed by atoms with Gasteiger partial charge in [0.05, 0.1) is 10.7 Å². The van der Waals surface area contributed by atoms with Crippen LogP contribution >= 0.6 is 34.8 Å². The van der Waals surface area contributed by atoms with Crippen LogP contribution in [0.2, 0.25) is 5.02 Å². The number of aliphatic carboxylic acids is 2. The van der Waals surface area contributed by atoms with E-state index in [1.807, 2.05) is 4.90 Å². The number of alkyl halides is 2. The number of urea groups is 1. The minimum absolute atomic E-state index is 0.233. The predicted molar refractivity (Wildman–Crippen MR) is 106 cm³/mol. The van der Waals surface area contributed by atoms with E-state index in [1.54, 1.807) is 12.1 Å². The number of carbonyl (C=O) groups excluding carboxylic acids is 1. The Bertz CT molecular complexity index is 669. The molecular weight excluding hydrogens is 421 g/mol. The highest BCUT2D eigenvalue weighted by atomic mass is 35.5. The zero-order valence-corrected chi connectivity index (χ0v) is 16.5. The molecule has 4 N–H and O–H groups in total. The monoisotopic (exact) mass is 439 g/mol. The van der Waals surface area contributed by atoms with E-state index in [0.29, 0.717) is 41.2 Å². The van der Waals surface area contributed by atoms with Crippen LogP contribution in [0.25, 0.3) is 0 Å². The summed E-state index contributed by atoms with van der Waals surface area (Å²) in [5, 5.41) is 22.7. The number of benzene rings is 1. The molecule has 11 heteroatoms. The number of anilines is 2. The molecule has 0 aliphatic heterocycles. The molecule has 0 saturated carbocycles. The van der Waals surface area contributed by atoms with Gasteiger partial charge in [0.1, 0.15) is 6.04 Å². The maximum atomic E-state index is 12.0. The van der Waals surface area contributed by atoms with Crippen molar-refractivity contribution in [3.8, 4) is 0 Å². The van der Waals surface area contributed by atoms with Crippen molar-refractivity contribution in [2.24, 2.45) is 0 Å². The van der Waals surface area contributed by atoms with Crippen molar-refractivity contribution in [3.63, 3.8) is 0 Å². The predicted octanol–water partition coefficient (Wildman–Crippen LogP) is 3.06. The molecule has 0 unspecified atom stereocenters. The van der Waals surface area contributed by atoms with Crippen LogP contribution in [0.5, 0.6) is 0 Å². The maximum absolute atomic E-state index is 12.0. The first-order valence-corrected chi connectivity index (χ1v) is 9.41. The third kappa shape index (κ3) is 8.11. The van der Waals surface area contributed by atoms with Crippen LogP contribution in [-0.4, -0.2) is 59.1 Å². The second-order valence-electron chi connectivity index (χ2n) is 5.45. The van der Waals surface area contributed by atoms with Crippen molar-refractivity contribution in [1.29, 1.82) is 0 Å². The van der Waals surface area contributed by atoms with Gasteiger partial charge in [0.2, 0.25) is 0 Å². The molecule has 0 saturated heterocycles.